The van der Waals surface area contributed by atoms with Gasteiger partial charge in [0.1, 0.15) is 0 Å². The Morgan fingerprint density at radius 2 is 1.52 bits per heavy atom. The van der Waals surface area contributed by atoms with E-state index in [0.717, 1.165) is 61.2 Å². The van der Waals surface area contributed by atoms with Crippen LogP contribution in [0.2, 0.25) is 0 Å². The van der Waals surface area contributed by atoms with Crippen molar-refractivity contribution in [1.29, 1.82) is 0 Å². The van der Waals surface area contributed by atoms with Crippen molar-refractivity contribution in [3.05, 3.63) is 101 Å². The smallest absolute Gasteiger partial charge is 0.335 e. The summed E-state index contributed by atoms with van der Waals surface area (Å²) >= 11 is 0. The van der Waals surface area contributed by atoms with Crippen molar-refractivity contribution < 1.29 is 14.7 Å². The number of benzene rings is 3. The number of anilines is 1. The van der Waals surface area contributed by atoms with E-state index in [1.165, 1.54) is 18.5 Å². The summed E-state index contributed by atoms with van der Waals surface area (Å²) in [5.41, 5.74) is 5.51. The Balaban J connectivity index is 1.37. The quantitative estimate of drug-likeness (QED) is 0.371. The standard InChI is InChI=1S/C34H41N3O3/c1-25-10-9-11-26(2)31(25)32(38)35-22-19-34(3,20-23-35)37-21-8-7-14-30(37)36(29-12-5-4-6-13-29)24-27-15-17-28(18-16-27)33(39)40/h4-6,9-13,15-18,30H,7-8,14,19-24H2,1-3H3,(H,39,40). The molecule has 0 aromatic heterocycles. The Labute approximate surface area is 238 Å². The summed E-state index contributed by atoms with van der Waals surface area (Å²) in [7, 11) is 0. The van der Waals surface area contributed by atoms with Gasteiger partial charge in [0.2, 0.25) is 0 Å². The number of aryl methyl sites for hydroxylation is 2. The second kappa shape index (κ2) is 11.8. The number of carboxylic acid groups (broad SMARTS) is 1. The van der Waals surface area contributed by atoms with Gasteiger partial charge in [-0.15, -0.1) is 0 Å². The first-order chi connectivity index (χ1) is 19.3. The summed E-state index contributed by atoms with van der Waals surface area (Å²) in [4.78, 5) is 32.2. The van der Waals surface area contributed by atoms with Crippen molar-refractivity contribution in [2.24, 2.45) is 0 Å². The molecule has 3 aromatic rings. The van der Waals surface area contributed by atoms with E-state index in [1.807, 2.05) is 50.2 Å². The number of piperidine rings is 2. The third-order valence-electron chi connectivity index (χ3n) is 8.99. The summed E-state index contributed by atoms with van der Waals surface area (Å²) in [6.07, 6.45) is 5.53. The highest BCUT2D eigenvalue weighted by Gasteiger charge is 2.43. The molecular weight excluding hydrogens is 498 g/mol. The van der Waals surface area contributed by atoms with Gasteiger partial charge in [0, 0.05) is 43.0 Å². The molecule has 0 spiro atoms. The summed E-state index contributed by atoms with van der Waals surface area (Å²) in [6, 6.07) is 23.9. The van der Waals surface area contributed by atoms with Crippen molar-refractivity contribution in [1.82, 2.24) is 9.80 Å². The minimum atomic E-state index is -0.903. The van der Waals surface area contributed by atoms with Crippen molar-refractivity contribution in [2.45, 2.75) is 71.1 Å². The maximum absolute atomic E-state index is 13.5. The molecule has 2 fully saturated rings. The minimum absolute atomic E-state index is 0.0111. The van der Waals surface area contributed by atoms with Crippen LogP contribution in [-0.2, 0) is 6.54 Å². The van der Waals surface area contributed by atoms with E-state index in [9.17, 15) is 14.7 Å². The summed E-state index contributed by atoms with van der Waals surface area (Å²) in [5, 5.41) is 9.35. The fourth-order valence-corrected chi connectivity index (χ4v) is 6.59. The predicted octanol–water partition coefficient (Wildman–Crippen LogP) is 6.52. The zero-order chi connectivity index (χ0) is 28.3. The van der Waals surface area contributed by atoms with E-state index in [4.69, 9.17) is 0 Å². The third-order valence-corrected chi connectivity index (χ3v) is 8.99. The average Bonchev–Trinajstić information content (AvgIpc) is 2.97. The zero-order valence-electron chi connectivity index (χ0n) is 24.0. The zero-order valence-corrected chi connectivity index (χ0v) is 24.0. The van der Waals surface area contributed by atoms with Crippen LogP contribution in [0.4, 0.5) is 5.69 Å². The van der Waals surface area contributed by atoms with E-state index in [0.29, 0.717) is 12.1 Å². The Morgan fingerprint density at radius 3 is 2.15 bits per heavy atom. The van der Waals surface area contributed by atoms with Crippen molar-refractivity contribution >= 4 is 17.6 Å². The minimum Gasteiger partial charge on any atom is -0.478 e. The predicted molar refractivity (Wildman–Crippen MR) is 160 cm³/mol. The maximum Gasteiger partial charge on any atom is 0.335 e. The lowest BCUT2D eigenvalue weighted by Crippen LogP contribution is -2.63. The molecule has 0 radical (unpaired) electrons. The van der Waals surface area contributed by atoms with Crippen LogP contribution in [0.15, 0.2) is 72.8 Å². The highest BCUT2D eigenvalue weighted by molar-refractivity contribution is 5.97. The summed E-state index contributed by atoms with van der Waals surface area (Å²) in [5.74, 6) is -0.746. The number of carbonyl (C=O) groups excluding carboxylic acids is 1. The molecule has 1 N–H and O–H groups in total. The fraction of sp³-hybridized carbons (Fsp3) is 0.412. The molecule has 5 rings (SSSR count). The molecule has 6 heteroatoms. The van der Waals surface area contributed by atoms with Gasteiger partial charge in [-0.05, 0) is 93.8 Å². The van der Waals surface area contributed by atoms with Crippen LogP contribution in [0.5, 0.6) is 0 Å². The molecular formula is C34H41N3O3. The number of rotatable bonds is 7. The molecule has 0 bridgehead atoms. The number of aromatic carboxylic acids is 1. The first-order valence-corrected chi connectivity index (χ1v) is 14.5. The topological polar surface area (TPSA) is 64.1 Å². The molecule has 40 heavy (non-hydrogen) atoms. The number of para-hydroxylation sites is 1. The summed E-state index contributed by atoms with van der Waals surface area (Å²) < 4.78 is 0. The molecule has 6 nitrogen and oxygen atoms in total. The first kappa shape index (κ1) is 27.9. The molecule has 1 amide bonds. The first-order valence-electron chi connectivity index (χ1n) is 14.5. The molecule has 1 atom stereocenters. The van der Waals surface area contributed by atoms with E-state index in [2.05, 4.69) is 45.9 Å². The van der Waals surface area contributed by atoms with Gasteiger partial charge in [0.05, 0.1) is 11.7 Å². The number of likely N-dealkylation sites (tertiary alicyclic amines) is 2. The molecule has 210 valence electrons. The lowest BCUT2D eigenvalue weighted by molar-refractivity contribution is -0.0131. The lowest BCUT2D eigenvalue weighted by Gasteiger charge is -2.54. The van der Waals surface area contributed by atoms with Crippen LogP contribution >= 0.6 is 0 Å². The van der Waals surface area contributed by atoms with Gasteiger partial charge >= 0.3 is 5.97 Å². The summed E-state index contributed by atoms with van der Waals surface area (Å²) in [6.45, 7) is 9.70. The van der Waals surface area contributed by atoms with Crippen LogP contribution in [0.3, 0.4) is 0 Å². The SMILES string of the molecule is Cc1cccc(C)c1C(=O)N1CCC(C)(N2CCCCC2N(Cc2ccc(C(=O)O)cc2)c2ccccc2)CC1. The van der Waals surface area contributed by atoms with Crippen LogP contribution in [-0.4, -0.2) is 58.1 Å². The normalized spacial score (nSPS) is 19.3. The lowest BCUT2D eigenvalue weighted by atomic mass is 9.84. The van der Waals surface area contributed by atoms with Gasteiger partial charge in [-0.3, -0.25) is 9.69 Å². The van der Waals surface area contributed by atoms with E-state index in [1.54, 1.807) is 12.1 Å². The van der Waals surface area contributed by atoms with Crippen molar-refractivity contribution in [3.8, 4) is 0 Å². The largest absolute Gasteiger partial charge is 0.478 e. The fourth-order valence-electron chi connectivity index (χ4n) is 6.59. The van der Waals surface area contributed by atoms with Gasteiger partial charge in [-0.2, -0.15) is 0 Å². The third kappa shape index (κ3) is 5.78. The Kier molecular flexibility index (Phi) is 8.27. The maximum atomic E-state index is 13.5. The Morgan fingerprint density at radius 1 is 0.875 bits per heavy atom. The van der Waals surface area contributed by atoms with Gasteiger partial charge in [0.25, 0.3) is 5.91 Å². The van der Waals surface area contributed by atoms with E-state index < -0.39 is 5.97 Å². The Hall–Kier alpha value is -3.64. The average molecular weight is 540 g/mol. The molecule has 1 unspecified atom stereocenters. The molecule has 2 aliphatic heterocycles. The van der Waals surface area contributed by atoms with Gasteiger partial charge in [-0.1, -0.05) is 48.5 Å². The number of amides is 1. The van der Waals surface area contributed by atoms with Crippen LogP contribution in [0.25, 0.3) is 0 Å². The van der Waals surface area contributed by atoms with Gasteiger partial charge in [-0.25, -0.2) is 4.79 Å². The molecule has 2 aliphatic rings. The van der Waals surface area contributed by atoms with Crippen LogP contribution in [0, 0.1) is 13.8 Å². The number of carboxylic acids is 1. The molecule has 3 aromatic carbocycles. The Bertz CT molecular complexity index is 1310. The molecule has 0 aliphatic carbocycles. The number of nitrogens with zero attached hydrogens (tertiary/aromatic N) is 3. The van der Waals surface area contributed by atoms with E-state index in [-0.39, 0.29) is 17.6 Å². The second-order valence-electron chi connectivity index (χ2n) is 11.7. The monoisotopic (exact) mass is 539 g/mol. The molecule has 2 heterocycles. The van der Waals surface area contributed by atoms with Crippen LogP contribution in [0.1, 0.15) is 76.4 Å². The highest BCUT2D eigenvalue weighted by atomic mass is 16.4. The van der Waals surface area contributed by atoms with Gasteiger partial charge in [0.15, 0.2) is 0 Å². The molecule has 2 saturated heterocycles. The number of hydrogen-bond acceptors (Lipinski definition) is 4. The van der Waals surface area contributed by atoms with Crippen molar-refractivity contribution in [3.63, 3.8) is 0 Å². The number of carbonyl (C=O) groups is 2. The van der Waals surface area contributed by atoms with Crippen molar-refractivity contribution in [2.75, 3.05) is 24.5 Å². The molecule has 0 saturated carbocycles. The number of hydrogen-bond donors (Lipinski definition) is 1. The van der Waals surface area contributed by atoms with Crippen LogP contribution < -0.4 is 4.90 Å². The van der Waals surface area contributed by atoms with E-state index >= 15 is 0 Å². The highest BCUT2D eigenvalue weighted by Crippen LogP contribution is 2.38. The van der Waals surface area contributed by atoms with Gasteiger partial charge < -0.3 is 14.9 Å². The second-order valence-corrected chi connectivity index (χ2v) is 11.7.